The standard InChI is InChI=1S/C17H18ClN3O4/c1-11(22)12-4-5-14(24-3)13(8-12)10-25-17(23)9-21(2)16-7-6-15(18)19-20-16/h4-8H,9-10H2,1-3H3. The number of methoxy groups -OCH3 is 1. The van der Waals surface area contributed by atoms with Crippen molar-refractivity contribution in [2.75, 3.05) is 25.6 Å². The molecule has 0 radical (unpaired) electrons. The maximum atomic E-state index is 12.0. The minimum Gasteiger partial charge on any atom is -0.496 e. The van der Waals surface area contributed by atoms with Crippen LogP contribution in [0.2, 0.25) is 5.15 Å². The van der Waals surface area contributed by atoms with Crippen molar-refractivity contribution in [1.29, 1.82) is 0 Å². The predicted molar refractivity (Wildman–Crippen MR) is 93.1 cm³/mol. The molecule has 0 bridgehead atoms. The molecule has 0 saturated heterocycles. The van der Waals surface area contributed by atoms with E-state index in [4.69, 9.17) is 21.1 Å². The van der Waals surface area contributed by atoms with Gasteiger partial charge in [0, 0.05) is 18.2 Å². The number of ketones is 1. The molecular weight excluding hydrogens is 346 g/mol. The number of esters is 1. The molecular formula is C17H18ClN3O4. The fourth-order valence-corrected chi connectivity index (χ4v) is 2.20. The second kappa shape index (κ2) is 8.43. The maximum absolute atomic E-state index is 12.0. The van der Waals surface area contributed by atoms with Crippen LogP contribution < -0.4 is 9.64 Å². The molecule has 0 fully saturated rings. The molecule has 0 amide bonds. The Kier molecular flexibility index (Phi) is 6.30. The molecule has 7 nitrogen and oxygen atoms in total. The number of likely N-dealkylation sites (N-methyl/N-ethyl adjacent to an activating group) is 1. The van der Waals surface area contributed by atoms with Gasteiger partial charge in [-0.25, -0.2) is 0 Å². The van der Waals surface area contributed by atoms with E-state index in [2.05, 4.69) is 10.2 Å². The van der Waals surface area contributed by atoms with Gasteiger partial charge in [-0.15, -0.1) is 10.2 Å². The van der Waals surface area contributed by atoms with Crippen molar-refractivity contribution in [3.63, 3.8) is 0 Å². The number of carbonyl (C=O) groups excluding carboxylic acids is 2. The summed E-state index contributed by atoms with van der Waals surface area (Å²) in [6, 6.07) is 8.24. The van der Waals surface area contributed by atoms with E-state index in [0.29, 0.717) is 22.7 Å². The molecule has 0 atom stereocenters. The van der Waals surface area contributed by atoms with Gasteiger partial charge < -0.3 is 14.4 Å². The second-order valence-corrected chi connectivity index (χ2v) is 5.70. The number of Topliss-reactive ketones (excluding diaryl/α,β-unsaturated/α-hetero) is 1. The maximum Gasteiger partial charge on any atom is 0.325 e. The quantitative estimate of drug-likeness (QED) is 0.552. The normalized spacial score (nSPS) is 10.2. The lowest BCUT2D eigenvalue weighted by atomic mass is 10.1. The molecule has 8 heteroatoms. The number of carbonyl (C=O) groups is 2. The van der Waals surface area contributed by atoms with Crippen LogP contribution in [0.3, 0.4) is 0 Å². The molecule has 0 spiro atoms. The van der Waals surface area contributed by atoms with Crippen LogP contribution in [-0.2, 0) is 16.1 Å². The number of halogens is 1. The third-order valence-electron chi connectivity index (χ3n) is 3.45. The van der Waals surface area contributed by atoms with Crippen LogP contribution in [-0.4, -0.2) is 42.7 Å². The van der Waals surface area contributed by atoms with E-state index in [0.717, 1.165) is 0 Å². The smallest absolute Gasteiger partial charge is 0.325 e. The molecule has 0 aliphatic carbocycles. The summed E-state index contributed by atoms with van der Waals surface area (Å²) >= 11 is 5.68. The molecule has 0 saturated carbocycles. The van der Waals surface area contributed by atoms with Crippen LogP contribution in [0, 0.1) is 0 Å². The van der Waals surface area contributed by atoms with Crippen LogP contribution in [0.5, 0.6) is 5.75 Å². The summed E-state index contributed by atoms with van der Waals surface area (Å²) in [5.74, 6) is 0.526. The molecule has 1 heterocycles. The van der Waals surface area contributed by atoms with Gasteiger partial charge in [-0.1, -0.05) is 11.6 Å². The summed E-state index contributed by atoms with van der Waals surface area (Å²) in [6.45, 7) is 1.47. The van der Waals surface area contributed by atoms with E-state index >= 15 is 0 Å². The Morgan fingerprint density at radius 3 is 2.56 bits per heavy atom. The molecule has 0 aliphatic heterocycles. The van der Waals surface area contributed by atoms with Crippen molar-refractivity contribution in [2.24, 2.45) is 0 Å². The Labute approximate surface area is 150 Å². The fourth-order valence-electron chi connectivity index (χ4n) is 2.10. The summed E-state index contributed by atoms with van der Waals surface area (Å²) in [6.07, 6.45) is 0. The van der Waals surface area contributed by atoms with Gasteiger partial charge in [0.25, 0.3) is 0 Å². The monoisotopic (exact) mass is 363 g/mol. The SMILES string of the molecule is COc1ccc(C(C)=O)cc1COC(=O)CN(C)c1ccc(Cl)nn1. The lowest BCUT2D eigenvalue weighted by molar-refractivity contribution is -0.143. The van der Waals surface area contributed by atoms with Crippen LogP contribution in [0.4, 0.5) is 5.82 Å². The third kappa shape index (κ3) is 5.15. The number of benzene rings is 1. The van der Waals surface area contributed by atoms with Gasteiger partial charge in [0.05, 0.1) is 7.11 Å². The lowest BCUT2D eigenvalue weighted by Crippen LogP contribution is -2.28. The number of aromatic nitrogens is 2. The Balaban J connectivity index is 1.98. The van der Waals surface area contributed by atoms with E-state index in [-0.39, 0.29) is 24.1 Å². The summed E-state index contributed by atoms with van der Waals surface area (Å²) in [7, 11) is 3.21. The molecule has 1 aromatic carbocycles. The van der Waals surface area contributed by atoms with Crippen molar-refractivity contribution in [1.82, 2.24) is 10.2 Å². The topological polar surface area (TPSA) is 81.6 Å². The average molecular weight is 364 g/mol. The number of hydrogen-bond acceptors (Lipinski definition) is 7. The van der Waals surface area contributed by atoms with Gasteiger partial charge in [0.15, 0.2) is 16.8 Å². The fraction of sp³-hybridized carbons (Fsp3) is 0.294. The second-order valence-electron chi connectivity index (χ2n) is 5.31. The Morgan fingerprint density at radius 1 is 1.20 bits per heavy atom. The van der Waals surface area contributed by atoms with E-state index in [1.165, 1.54) is 14.0 Å². The number of hydrogen-bond donors (Lipinski definition) is 0. The number of rotatable bonds is 7. The van der Waals surface area contributed by atoms with Gasteiger partial charge in [-0.3, -0.25) is 9.59 Å². The highest BCUT2D eigenvalue weighted by atomic mass is 35.5. The zero-order valence-corrected chi connectivity index (χ0v) is 14.9. The first-order valence-corrected chi connectivity index (χ1v) is 7.82. The Bertz CT molecular complexity index is 765. The van der Waals surface area contributed by atoms with Gasteiger partial charge in [0.1, 0.15) is 18.9 Å². The van der Waals surface area contributed by atoms with Crippen molar-refractivity contribution in [3.05, 3.63) is 46.6 Å². The van der Waals surface area contributed by atoms with Crippen LogP contribution in [0.1, 0.15) is 22.8 Å². The highest BCUT2D eigenvalue weighted by molar-refractivity contribution is 6.29. The summed E-state index contributed by atoms with van der Waals surface area (Å²) in [5.41, 5.74) is 1.15. The average Bonchev–Trinajstić information content (AvgIpc) is 2.60. The van der Waals surface area contributed by atoms with Crippen molar-refractivity contribution in [2.45, 2.75) is 13.5 Å². The zero-order valence-electron chi connectivity index (χ0n) is 14.2. The van der Waals surface area contributed by atoms with E-state index in [9.17, 15) is 9.59 Å². The minimum atomic E-state index is -0.450. The van der Waals surface area contributed by atoms with Gasteiger partial charge in [-0.05, 0) is 37.3 Å². The Morgan fingerprint density at radius 2 is 1.96 bits per heavy atom. The van der Waals surface area contributed by atoms with Gasteiger partial charge in [0.2, 0.25) is 0 Å². The lowest BCUT2D eigenvalue weighted by Gasteiger charge is -2.17. The van der Waals surface area contributed by atoms with Crippen LogP contribution >= 0.6 is 11.6 Å². The summed E-state index contributed by atoms with van der Waals surface area (Å²) < 4.78 is 10.5. The first-order chi connectivity index (χ1) is 11.9. The van der Waals surface area contributed by atoms with Crippen molar-refractivity contribution < 1.29 is 19.1 Å². The summed E-state index contributed by atoms with van der Waals surface area (Å²) in [4.78, 5) is 25.1. The van der Waals surface area contributed by atoms with Crippen LogP contribution in [0.15, 0.2) is 30.3 Å². The third-order valence-corrected chi connectivity index (χ3v) is 3.65. The number of nitrogens with zero attached hydrogens (tertiary/aromatic N) is 3. The first-order valence-electron chi connectivity index (χ1n) is 7.44. The molecule has 0 unspecified atom stereocenters. The highest BCUT2D eigenvalue weighted by Gasteiger charge is 2.13. The van der Waals surface area contributed by atoms with Gasteiger partial charge >= 0.3 is 5.97 Å². The molecule has 132 valence electrons. The summed E-state index contributed by atoms with van der Waals surface area (Å²) in [5, 5.41) is 7.88. The largest absolute Gasteiger partial charge is 0.496 e. The van der Waals surface area contributed by atoms with Gasteiger partial charge in [-0.2, -0.15) is 0 Å². The van der Waals surface area contributed by atoms with E-state index in [1.807, 2.05) is 0 Å². The molecule has 2 rings (SSSR count). The molecule has 2 aromatic rings. The van der Waals surface area contributed by atoms with Crippen molar-refractivity contribution in [3.8, 4) is 5.75 Å². The number of ether oxygens (including phenoxy) is 2. The van der Waals surface area contributed by atoms with E-state index in [1.54, 1.807) is 42.3 Å². The molecule has 25 heavy (non-hydrogen) atoms. The molecule has 0 aliphatic rings. The zero-order chi connectivity index (χ0) is 18.4. The minimum absolute atomic E-state index is 0.00324. The first kappa shape index (κ1) is 18.7. The van der Waals surface area contributed by atoms with Crippen molar-refractivity contribution >= 4 is 29.2 Å². The van der Waals surface area contributed by atoms with Crippen LogP contribution in [0.25, 0.3) is 0 Å². The molecule has 1 aromatic heterocycles. The highest BCUT2D eigenvalue weighted by Crippen LogP contribution is 2.21. The number of anilines is 1. The van der Waals surface area contributed by atoms with E-state index < -0.39 is 5.97 Å². The molecule has 0 N–H and O–H groups in total. The predicted octanol–water partition coefficient (Wildman–Crippen LogP) is 2.52. The Hall–Kier alpha value is -2.67.